The summed E-state index contributed by atoms with van der Waals surface area (Å²) in [5.74, 6) is 0.187. The molecule has 24 heavy (non-hydrogen) atoms. The first-order chi connectivity index (χ1) is 11.5. The van der Waals surface area contributed by atoms with E-state index < -0.39 is 0 Å². The Balaban J connectivity index is 1.49. The summed E-state index contributed by atoms with van der Waals surface area (Å²) in [6.45, 7) is 3.67. The molecule has 1 aliphatic rings. The van der Waals surface area contributed by atoms with Gasteiger partial charge in [0.05, 0.1) is 16.8 Å². The van der Waals surface area contributed by atoms with E-state index in [4.69, 9.17) is 0 Å². The highest BCUT2D eigenvalue weighted by molar-refractivity contribution is 7.18. The Morgan fingerprint density at radius 2 is 2.17 bits per heavy atom. The fourth-order valence-electron chi connectivity index (χ4n) is 3.20. The number of thiazole rings is 1. The Hall–Kier alpha value is -1.50. The number of carbonyl (C=O) groups excluding carboxylic acids is 1. The third-order valence-corrected chi connectivity index (χ3v) is 5.83. The molecular weight excluding hydrogens is 320 g/mol. The zero-order chi connectivity index (χ0) is 17.1. The Morgan fingerprint density at radius 3 is 2.88 bits per heavy atom. The van der Waals surface area contributed by atoms with E-state index in [1.807, 2.05) is 25.2 Å². The molecule has 0 aliphatic carbocycles. The number of benzene rings is 1. The molecule has 0 bridgehead atoms. The number of para-hydroxylation sites is 1. The van der Waals surface area contributed by atoms with Gasteiger partial charge in [0.25, 0.3) is 0 Å². The van der Waals surface area contributed by atoms with Crippen LogP contribution in [0.2, 0.25) is 0 Å². The first-order valence-electron chi connectivity index (χ1n) is 8.50. The fraction of sp³-hybridized carbons (Fsp3) is 0.556. The second-order valence-electron chi connectivity index (χ2n) is 6.76. The summed E-state index contributed by atoms with van der Waals surface area (Å²) in [6.07, 6.45) is 1.76. The van der Waals surface area contributed by atoms with Crippen molar-refractivity contribution >= 4 is 27.5 Å². The molecule has 1 atom stereocenters. The molecule has 6 heteroatoms. The molecule has 1 aliphatic heterocycles. The average molecular weight is 347 g/mol. The van der Waals surface area contributed by atoms with Gasteiger partial charge in [-0.05, 0) is 39.2 Å². The molecule has 1 aromatic heterocycles. The molecule has 1 fully saturated rings. The van der Waals surface area contributed by atoms with Gasteiger partial charge in [0, 0.05) is 32.6 Å². The van der Waals surface area contributed by atoms with Crippen LogP contribution in [-0.4, -0.2) is 72.4 Å². The minimum Gasteiger partial charge on any atom is -0.339 e. The third kappa shape index (κ3) is 4.12. The van der Waals surface area contributed by atoms with Crippen molar-refractivity contribution in [3.63, 3.8) is 0 Å². The quantitative estimate of drug-likeness (QED) is 0.804. The van der Waals surface area contributed by atoms with Gasteiger partial charge >= 0.3 is 0 Å². The number of rotatable bonds is 6. The second kappa shape index (κ2) is 7.59. The topological polar surface area (TPSA) is 39.7 Å². The molecule has 1 amide bonds. The molecule has 0 radical (unpaired) electrons. The van der Waals surface area contributed by atoms with Gasteiger partial charge in [-0.1, -0.05) is 12.1 Å². The monoisotopic (exact) mass is 346 g/mol. The lowest BCUT2D eigenvalue weighted by atomic mass is 10.2. The van der Waals surface area contributed by atoms with E-state index in [1.165, 1.54) is 11.1 Å². The van der Waals surface area contributed by atoms with Gasteiger partial charge in [0.1, 0.15) is 5.01 Å². The lowest BCUT2D eigenvalue weighted by Crippen LogP contribution is -2.37. The van der Waals surface area contributed by atoms with E-state index in [9.17, 15) is 4.79 Å². The number of hydrogen-bond acceptors (Lipinski definition) is 5. The summed E-state index contributed by atoms with van der Waals surface area (Å²) in [5.41, 5.74) is 1.02. The highest BCUT2D eigenvalue weighted by Gasteiger charge is 2.23. The van der Waals surface area contributed by atoms with Crippen LogP contribution >= 0.6 is 11.3 Å². The van der Waals surface area contributed by atoms with Gasteiger partial charge < -0.3 is 14.7 Å². The maximum absolute atomic E-state index is 12.4. The van der Waals surface area contributed by atoms with Gasteiger partial charge in [0.2, 0.25) is 5.91 Å². The Morgan fingerprint density at radius 1 is 1.38 bits per heavy atom. The van der Waals surface area contributed by atoms with E-state index in [0.717, 1.165) is 30.2 Å². The number of likely N-dealkylation sites (N-methyl/N-ethyl adjacent to an activating group) is 2. The average Bonchev–Trinajstić information content (AvgIpc) is 3.17. The summed E-state index contributed by atoms with van der Waals surface area (Å²) in [5, 5.41) is 0.998. The molecule has 0 spiro atoms. The van der Waals surface area contributed by atoms with E-state index in [2.05, 4.69) is 34.9 Å². The van der Waals surface area contributed by atoms with Crippen molar-refractivity contribution in [3.05, 3.63) is 29.3 Å². The number of fused-ring (bicyclic) bond motifs is 1. The van der Waals surface area contributed by atoms with Crippen LogP contribution in [0.5, 0.6) is 0 Å². The fourth-order valence-corrected chi connectivity index (χ4v) is 4.22. The van der Waals surface area contributed by atoms with Gasteiger partial charge in [-0.25, -0.2) is 4.98 Å². The van der Waals surface area contributed by atoms with E-state index in [-0.39, 0.29) is 5.91 Å². The maximum Gasteiger partial charge on any atom is 0.223 e. The Labute approximate surface area is 147 Å². The van der Waals surface area contributed by atoms with Crippen molar-refractivity contribution in [3.8, 4) is 0 Å². The maximum atomic E-state index is 12.4. The van der Waals surface area contributed by atoms with Crippen molar-refractivity contribution in [1.82, 2.24) is 19.7 Å². The first-order valence-corrected chi connectivity index (χ1v) is 9.32. The van der Waals surface area contributed by atoms with Crippen LogP contribution < -0.4 is 0 Å². The van der Waals surface area contributed by atoms with Crippen molar-refractivity contribution in [2.45, 2.75) is 25.4 Å². The number of aromatic nitrogens is 1. The van der Waals surface area contributed by atoms with Crippen molar-refractivity contribution in [1.29, 1.82) is 0 Å². The molecule has 130 valence electrons. The van der Waals surface area contributed by atoms with Crippen LogP contribution in [0.4, 0.5) is 0 Å². The molecule has 1 unspecified atom stereocenters. The van der Waals surface area contributed by atoms with Crippen molar-refractivity contribution in [2.24, 2.45) is 0 Å². The standard InChI is InChI=1S/C18H26N4OS/c1-20-10-8-14(12-20)21(2)11-9-18(23)22(3)13-17-19-15-6-4-5-7-16(15)24-17/h4-7,14H,8-13H2,1-3H3. The second-order valence-corrected chi connectivity index (χ2v) is 7.88. The lowest BCUT2D eigenvalue weighted by molar-refractivity contribution is -0.130. The Kier molecular flexibility index (Phi) is 5.48. The van der Waals surface area contributed by atoms with Crippen LogP contribution in [0.25, 0.3) is 10.2 Å². The largest absolute Gasteiger partial charge is 0.339 e. The number of nitrogens with zero attached hydrogens (tertiary/aromatic N) is 4. The first kappa shape index (κ1) is 17.3. The van der Waals surface area contributed by atoms with Gasteiger partial charge in [-0.15, -0.1) is 11.3 Å². The minimum absolute atomic E-state index is 0.187. The number of hydrogen-bond donors (Lipinski definition) is 0. The van der Waals surface area contributed by atoms with Crippen LogP contribution in [0.3, 0.4) is 0 Å². The number of likely N-dealkylation sites (tertiary alicyclic amines) is 1. The lowest BCUT2D eigenvalue weighted by Gasteiger charge is -2.25. The third-order valence-electron chi connectivity index (χ3n) is 4.80. The predicted molar refractivity (Wildman–Crippen MR) is 99.2 cm³/mol. The van der Waals surface area contributed by atoms with Crippen molar-refractivity contribution < 1.29 is 4.79 Å². The highest BCUT2D eigenvalue weighted by Crippen LogP contribution is 2.22. The van der Waals surface area contributed by atoms with Gasteiger partial charge in [-0.2, -0.15) is 0 Å². The summed E-state index contributed by atoms with van der Waals surface area (Å²) in [6, 6.07) is 8.70. The summed E-state index contributed by atoms with van der Waals surface area (Å²) in [7, 11) is 6.16. The number of carbonyl (C=O) groups is 1. The van der Waals surface area contributed by atoms with Crippen LogP contribution in [-0.2, 0) is 11.3 Å². The van der Waals surface area contributed by atoms with Crippen molar-refractivity contribution in [2.75, 3.05) is 40.8 Å². The minimum atomic E-state index is 0.187. The molecule has 1 aromatic carbocycles. The zero-order valence-corrected chi connectivity index (χ0v) is 15.6. The molecule has 5 nitrogen and oxygen atoms in total. The molecule has 1 saturated heterocycles. The Bertz CT molecular complexity index is 668. The molecular formula is C18H26N4OS. The van der Waals surface area contributed by atoms with Gasteiger partial charge in [-0.3, -0.25) is 4.79 Å². The molecule has 0 N–H and O–H groups in total. The number of amides is 1. The van der Waals surface area contributed by atoms with Crippen LogP contribution in [0, 0.1) is 0 Å². The normalized spacial score (nSPS) is 18.6. The molecule has 2 aromatic rings. The smallest absolute Gasteiger partial charge is 0.223 e. The SMILES string of the molecule is CN1CCC(N(C)CCC(=O)N(C)Cc2nc3ccccc3s2)C1. The van der Waals surface area contributed by atoms with Crippen LogP contribution in [0.15, 0.2) is 24.3 Å². The summed E-state index contributed by atoms with van der Waals surface area (Å²) in [4.78, 5) is 23.5. The predicted octanol–water partition coefficient (Wildman–Crippen LogP) is 2.28. The summed E-state index contributed by atoms with van der Waals surface area (Å²) < 4.78 is 1.18. The molecule has 3 rings (SSSR count). The molecule has 0 saturated carbocycles. The van der Waals surface area contributed by atoms with E-state index >= 15 is 0 Å². The summed E-state index contributed by atoms with van der Waals surface area (Å²) >= 11 is 1.67. The zero-order valence-electron chi connectivity index (χ0n) is 14.7. The molecule has 2 heterocycles. The highest BCUT2D eigenvalue weighted by atomic mass is 32.1. The van der Waals surface area contributed by atoms with Gasteiger partial charge in [0.15, 0.2) is 0 Å². The van der Waals surface area contributed by atoms with Crippen LogP contribution in [0.1, 0.15) is 17.8 Å². The van der Waals surface area contributed by atoms with E-state index in [1.54, 1.807) is 16.2 Å². The van der Waals surface area contributed by atoms with E-state index in [0.29, 0.717) is 19.0 Å².